The molecule has 2 N–H and O–H groups in total. The van der Waals surface area contributed by atoms with Gasteiger partial charge in [-0.25, -0.2) is 9.78 Å². The molecular weight excluding hydrogens is 330 g/mol. The summed E-state index contributed by atoms with van der Waals surface area (Å²) in [4.78, 5) is 21.3. The quantitative estimate of drug-likeness (QED) is 0.649. The van der Waals surface area contributed by atoms with E-state index in [9.17, 15) is 9.90 Å². The van der Waals surface area contributed by atoms with Gasteiger partial charge in [-0.15, -0.1) is 0 Å². The van der Waals surface area contributed by atoms with Crippen LogP contribution in [0.15, 0.2) is 34.7 Å². The number of oxazole rings is 1. The molecule has 0 aliphatic carbocycles. The second-order valence-corrected chi connectivity index (χ2v) is 7.03. The van der Waals surface area contributed by atoms with Gasteiger partial charge in [0.25, 0.3) is 0 Å². The molecule has 2 aromatic heterocycles. The summed E-state index contributed by atoms with van der Waals surface area (Å²) in [6, 6.07) is 9.62. The highest BCUT2D eigenvalue weighted by atomic mass is 16.4. The Morgan fingerprint density at radius 1 is 1.35 bits per heavy atom. The molecule has 1 aromatic carbocycles. The first kappa shape index (κ1) is 18.2. The molecule has 0 spiro atoms. The monoisotopic (exact) mass is 355 g/mol. The summed E-state index contributed by atoms with van der Waals surface area (Å²) < 4.78 is 6.00. The predicted molar refractivity (Wildman–Crippen MR) is 101 cm³/mol. The van der Waals surface area contributed by atoms with Crippen molar-refractivity contribution in [1.82, 2.24) is 14.9 Å². The molecule has 6 nitrogen and oxygen atoms in total. The van der Waals surface area contributed by atoms with Crippen molar-refractivity contribution in [3.8, 4) is 11.5 Å². The molecule has 0 fully saturated rings. The number of benzene rings is 1. The summed E-state index contributed by atoms with van der Waals surface area (Å²) in [5.74, 6) is 0.120. The van der Waals surface area contributed by atoms with Gasteiger partial charge in [0, 0.05) is 10.9 Å². The van der Waals surface area contributed by atoms with E-state index in [1.807, 2.05) is 49.3 Å². The van der Waals surface area contributed by atoms with Crippen LogP contribution in [0.2, 0.25) is 0 Å². The number of hydrogen-bond acceptors (Lipinski definition) is 4. The van der Waals surface area contributed by atoms with Crippen LogP contribution < -0.4 is 0 Å². The Morgan fingerprint density at radius 2 is 2.08 bits per heavy atom. The maximum absolute atomic E-state index is 11.7. The van der Waals surface area contributed by atoms with E-state index < -0.39 is 5.97 Å². The fourth-order valence-corrected chi connectivity index (χ4v) is 3.08. The fourth-order valence-electron chi connectivity index (χ4n) is 3.08. The van der Waals surface area contributed by atoms with Crippen molar-refractivity contribution in [2.75, 3.05) is 14.1 Å². The van der Waals surface area contributed by atoms with Crippen LogP contribution in [0, 0.1) is 5.92 Å². The standard InChI is InChI=1S/C20H25N3O3/c1-5-12(2)10-16(23(3)4)19-22-17(20(24)25)18(26-19)15-11-13-8-6-7-9-14(13)21-15/h6-9,11-12,16,21H,5,10H2,1-4H3,(H,24,25)/t12-,16-/m0/s1. The first-order chi connectivity index (χ1) is 12.4. The predicted octanol–water partition coefficient (Wildman–Crippen LogP) is 4.56. The van der Waals surface area contributed by atoms with E-state index in [4.69, 9.17) is 4.42 Å². The lowest BCUT2D eigenvalue weighted by Gasteiger charge is -2.23. The van der Waals surface area contributed by atoms with Crippen molar-refractivity contribution in [3.05, 3.63) is 41.9 Å². The number of aromatic amines is 1. The van der Waals surface area contributed by atoms with E-state index >= 15 is 0 Å². The summed E-state index contributed by atoms with van der Waals surface area (Å²) in [6.45, 7) is 4.32. The molecule has 26 heavy (non-hydrogen) atoms. The van der Waals surface area contributed by atoms with Gasteiger partial charge in [-0.2, -0.15) is 0 Å². The van der Waals surface area contributed by atoms with E-state index in [2.05, 4.69) is 23.8 Å². The van der Waals surface area contributed by atoms with Crippen molar-refractivity contribution in [2.24, 2.45) is 5.92 Å². The lowest BCUT2D eigenvalue weighted by atomic mass is 9.98. The minimum atomic E-state index is -1.09. The number of nitrogens with one attached hydrogen (secondary N) is 1. The van der Waals surface area contributed by atoms with Gasteiger partial charge in [0.05, 0.1) is 11.7 Å². The number of fused-ring (bicyclic) bond motifs is 1. The van der Waals surface area contributed by atoms with Crippen molar-refractivity contribution in [2.45, 2.75) is 32.7 Å². The molecule has 0 aliphatic heterocycles. The Morgan fingerprint density at radius 3 is 2.69 bits per heavy atom. The normalized spacial score (nSPS) is 14.0. The van der Waals surface area contributed by atoms with E-state index in [0.29, 0.717) is 17.5 Å². The van der Waals surface area contributed by atoms with Gasteiger partial charge < -0.3 is 14.5 Å². The lowest BCUT2D eigenvalue weighted by Crippen LogP contribution is -2.22. The number of para-hydroxylation sites is 1. The maximum Gasteiger partial charge on any atom is 0.358 e. The van der Waals surface area contributed by atoms with Crippen LogP contribution in [0.1, 0.15) is 49.1 Å². The largest absolute Gasteiger partial charge is 0.476 e. The van der Waals surface area contributed by atoms with Crippen molar-refractivity contribution in [1.29, 1.82) is 0 Å². The zero-order valence-corrected chi connectivity index (χ0v) is 15.6. The van der Waals surface area contributed by atoms with Crippen LogP contribution in [0.5, 0.6) is 0 Å². The highest BCUT2D eigenvalue weighted by Crippen LogP contribution is 2.33. The Bertz CT molecular complexity index is 877. The van der Waals surface area contributed by atoms with E-state index in [1.54, 1.807) is 0 Å². The maximum atomic E-state index is 11.7. The molecule has 3 aromatic rings. The Labute approximate surface area is 152 Å². The van der Waals surface area contributed by atoms with Crippen LogP contribution in [0.3, 0.4) is 0 Å². The number of rotatable bonds is 7. The zero-order chi connectivity index (χ0) is 18.8. The molecular formula is C20H25N3O3. The first-order valence-corrected chi connectivity index (χ1v) is 8.89. The number of aromatic carboxylic acids is 1. The molecule has 0 bridgehead atoms. The van der Waals surface area contributed by atoms with Crippen molar-refractivity contribution in [3.63, 3.8) is 0 Å². The molecule has 2 heterocycles. The third kappa shape index (κ3) is 3.51. The number of carboxylic acid groups (broad SMARTS) is 1. The summed E-state index contributed by atoms with van der Waals surface area (Å²) in [7, 11) is 3.92. The zero-order valence-electron chi connectivity index (χ0n) is 15.6. The SMILES string of the molecule is CC[C@H](C)C[C@@H](c1nc(C(=O)O)c(-c2cc3ccccc3[nH]2)o1)N(C)C. The minimum Gasteiger partial charge on any atom is -0.476 e. The number of carboxylic acids is 1. The Hall–Kier alpha value is -2.60. The van der Waals surface area contributed by atoms with E-state index in [-0.39, 0.29) is 17.5 Å². The van der Waals surface area contributed by atoms with Crippen LogP contribution in [0.25, 0.3) is 22.4 Å². The van der Waals surface area contributed by atoms with Gasteiger partial charge in [0.1, 0.15) is 0 Å². The van der Waals surface area contributed by atoms with E-state index in [1.165, 1.54) is 0 Å². The second kappa shape index (κ2) is 7.33. The fraction of sp³-hybridized carbons (Fsp3) is 0.400. The molecule has 0 saturated carbocycles. The highest BCUT2D eigenvalue weighted by Gasteiger charge is 2.28. The molecule has 0 unspecified atom stereocenters. The average molecular weight is 355 g/mol. The first-order valence-electron chi connectivity index (χ1n) is 8.89. The summed E-state index contributed by atoms with van der Waals surface area (Å²) in [5, 5.41) is 10.6. The van der Waals surface area contributed by atoms with Crippen LogP contribution in [-0.4, -0.2) is 40.0 Å². The number of H-pyrrole nitrogens is 1. The lowest BCUT2D eigenvalue weighted by molar-refractivity contribution is 0.0691. The molecule has 138 valence electrons. The third-order valence-corrected chi connectivity index (χ3v) is 4.85. The molecule has 0 aliphatic rings. The molecule has 3 rings (SSSR count). The second-order valence-electron chi connectivity index (χ2n) is 7.03. The summed E-state index contributed by atoms with van der Waals surface area (Å²) >= 11 is 0. The molecule has 0 radical (unpaired) electrons. The van der Waals surface area contributed by atoms with Crippen LogP contribution in [0.4, 0.5) is 0 Å². The van der Waals surface area contributed by atoms with Gasteiger partial charge in [-0.05, 0) is 38.6 Å². The molecule has 6 heteroatoms. The molecule has 0 amide bonds. The third-order valence-electron chi connectivity index (χ3n) is 4.85. The van der Waals surface area contributed by atoms with Crippen LogP contribution in [-0.2, 0) is 0 Å². The van der Waals surface area contributed by atoms with Crippen molar-refractivity contribution >= 4 is 16.9 Å². The number of nitrogens with zero attached hydrogens (tertiary/aromatic N) is 2. The molecule has 0 saturated heterocycles. The van der Waals surface area contributed by atoms with E-state index in [0.717, 1.165) is 23.7 Å². The summed E-state index contributed by atoms with van der Waals surface area (Å²) in [5.41, 5.74) is 1.51. The van der Waals surface area contributed by atoms with Gasteiger partial charge >= 0.3 is 5.97 Å². The topological polar surface area (TPSA) is 82.4 Å². The van der Waals surface area contributed by atoms with Crippen LogP contribution >= 0.6 is 0 Å². The van der Waals surface area contributed by atoms with Gasteiger partial charge in [-0.1, -0.05) is 38.5 Å². The Kier molecular flexibility index (Phi) is 5.13. The number of carbonyl (C=O) groups is 1. The van der Waals surface area contributed by atoms with Gasteiger partial charge in [0.15, 0.2) is 11.5 Å². The number of hydrogen-bond donors (Lipinski definition) is 2. The van der Waals surface area contributed by atoms with Crippen molar-refractivity contribution < 1.29 is 14.3 Å². The average Bonchev–Trinajstić information content (AvgIpc) is 3.22. The minimum absolute atomic E-state index is 0.0532. The highest BCUT2D eigenvalue weighted by molar-refractivity contribution is 5.94. The molecule has 2 atom stereocenters. The van der Waals surface area contributed by atoms with Gasteiger partial charge in [0.2, 0.25) is 5.89 Å². The summed E-state index contributed by atoms with van der Waals surface area (Å²) in [6.07, 6.45) is 1.90. The smallest absolute Gasteiger partial charge is 0.358 e. The Balaban J connectivity index is 2.06. The number of aromatic nitrogens is 2. The van der Waals surface area contributed by atoms with Gasteiger partial charge in [-0.3, -0.25) is 4.90 Å².